The zero-order valence-electron chi connectivity index (χ0n) is 15.3. The van der Waals surface area contributed by atoms with E-state index < -0.39 is 0 Å². The molecule has 0 unspecified atom stereocenters. The minimum absolute atomic E-state index is 0.0309. The largest absolute Gasteiger partial charge is 0.459 e. The Balaban J connectivity index is 2.77. The van der Waals surface area contributed by atoms with E-state index in [1.165, 1.54) is 25.7 Å². The molecule has 1 rings (SSSR count). The average molecular weight is 296 g/mol. The molecule has 0 aromatic heterocycles. The number of hydrogen-bond donors (Lipinski definition) is 0. The van der Waals surface area contributed by atoms with E-state index in [1.54, 1.807) is 0 Å². The number of ether oxygens (including phenoxy) is 1. The van der Waals surface area contributed by atoms with Crippen molar-refractivity contribution in [2.75, 3.05) is 0 Å². The average Bonchev–Trinajstić information content (AvgIpc) is 2.43. The smallest absolute Gasteiger partial charge is 0.308 e. The van der Waals surface area contributed by atoms with Crippen molar-refractivity contribution in [1.82, 2.24) is 0 Å². The molecule has 0 bridgehead atoms. The monoisotopic (exact) mass is 296 g/mol. The summed E-state index contributed by atoms with van der Waals surface area (Å²) in [6, 6.07) is 0. The van der Waals surface area contributed by atoms with Crippen molar-refractivity contribution < 1.29 is 9.53 Å². The minimum atomic E-state index is -0.232. The van der Waals surface area contributed by atoms with Crippen molar-refractivity contribution in [2.45, 2.75) is 92.6 Å². The molecule has 1 saturated carbocycles. The van der Waals surface area contributed by atoms with Crippen molar-refractivity contribution in [3.63, 3.8) is 0 Å². The third-order valence-corrected chi connectivity index (χ3v) is 5.67. The molecular formula is C19H36O2. The lowest BCUT2D eigenvalue weighted by Gasteiger charge is -2.45. The molecule has 0 aromatic rings. The van der Waals surface area contributed by atoms with E-state index in [-0.39, 0.29) is 17.5 Å². The van der Waals surface area contributed by atoms with Crippen LogP contribution < -0.4 is 0 Å². The molecule has 0 N–H and O–H groups in total. The zero-order valence-corrected chi connectivity index (χ0v) is 15.3. The van der Waals surface area contributed by atoms with E-state index in [2.05, 4.69) is 34.6 Å². The van der Waals surface area contributed by atoms with Crippen molar-refractivity contribution in [3.8, 4) is 0 Å². The van der Waals surface area contributed by atoms with Crippen LogP contribution in [0, 0.1) is 23.2 Å². The second-order valence-electron chi connectivity index (χ2n) is 8.26. The fourth-order valence-electron chi connectivity index (χ4n) is 3.86. The lowest BCUT2D eigenvalue weighted by molar-refractivity contribution is -0.174. The van der Waals surface area contributed by atoms with Gasteiger partial charge in [-0.15, -0.1) is 0 Å². The molecule has 0 atom stereocenters. The standard InChI is InChI=1S/C19H36O2/c1-8-19(9-2,21-17(20)14(3)4)16-12-10-15(11-13-16)18(5,6)7/h14-16H,8-13H2,1-7H3. The molecule has 1 aliphatic carbocycles. The lowest BCUT2D eigenvalue weighted by Crippen LogP contribution is -2.45. The molecule has 0 aliphatic heterocycles. The van der Waals surface area contributed by atoms with Crippen LogP contribution in [0.4, 0.5) is 0 Å². The van der Waals surface area contributed by atoms with Crippen LogP contribution in [-0.2, 0) is 9.53 Å². The molecule has 0 spiro atoms. The Morgan fingerprint density at radius 1 is 1.00 bits per heavy atom. The molecule has 124 valence electrons. The van der Waals surface area contributed by atoms with Gasteiger partial charge in [-0.05, 0) is 55.8 Å². The molecule has 2 nitrogen and oxygen atoms in total. The van der Waals surface area contributed by atoms with Crippen LogP contribution >= 0.6 is 0 Å². The van der Waals surface area contributed by atoms with Gasteiger partial charge in [-0.2, -0.15) is 0 Å². The summed E-state index contributed by atoms with van der Waals surface area (Å²) >= 11 is 0. The molecule has 1 fully saturated rings. The third kappa shape index (κ3) is 4.47. The highest BCUT2D eigenvalue weighted by molar-refractivity contribution is 5.72. The van der Waals surface area contributed by atoms with E-state index in [9.17, 15) is 4.79 Å². The van der Waals surface area contributed by atoms with Gasteiger partial charge in [0.25, 0.3) is 0 Å². The minimum Gasteiger partial charge on any atom is -0.459 e. The van der Waals surface area contributed by atoms with Crippen LogP contribution in [0.15, 0.2) is 0 Å². The number of carbonyl (C=O) groups is 1. The summed E-state index contributed by atoms with van der Waals surface area (Å²) in [5, 5.41) is 0. The van der Waals surface area contributed by atoms with Gasteiger partial charge in [-0.25, -0.2) is 0 Å². The molecule has 0 heterocycles. The van der Waals surface area contributed by atoms with Crippen molar-refractivity contribution in [2.24, 2.45) is 23.2 Å². The van der Waals surface area contributed by atoms with Gasteiger partial charge in [0.2, 0.25) is 0 Å². The molecule has 1 aliphatic rings. The van der Waals surface area contributed by atoms with Gasteiger partial charge in [-0.3, -0.25) is 4.79 Å². The second-order valence-corrected chi connectivity index (χ2v) is 8.26. The fourth-order valence-corrected chi connectivity index (χ4v) is 3.86. The maximum Gasteiger partial charge on any atom is 0.308 e. The summed E-state index contributed by atoms with van der Waals surface area (Å²) < 4.78 is 6.02. The van der Waals surface area contributed by atoms with E-state index >= 15 is 0 Å². The zero-order chi connectivity index (χ0) is 16.3. The van der Waals surface area contributed by atoms with E-state index in [0.29, 0.717) is 11.3 Å². The summed E-state index contributed by atoms with van der Waals surface area (Å²) in [7, 11) is 0. The van der Waals surface area contributed by atoms with Gasteiger partial charge < -0.3 is 4.74 Å². The highest BCUT2D eigenvalue weighted by atomic mass is 16.6. The van der Waals surface area contributed by atoms with Gasteiger partial charge in [0.05, 0.1) is 5.92 Å². The van der Waals surface area contributed by atoms with Gasteiger partial charge in [-0.1, -0.05) is 48.5 Å². The van der Waals surface area contributed by atoms with E-state index in [4.69, 9.17) is 4.74 Å². The molecular weight excluding hydrogens is 260 g/mol. The van der Waals surface area contributed by atoms with Crippen LogP contribution in [0.25, 0.3) is 0 Å². The van der Waals surface area contributed by atoms with Crippen LogP contribution in [0.2, 0.25) is 0 Å². The summed E-state index contributed by atoms with van der Waals surface area (Å²) in [6.45, 7) is 15.3. The highest BCUT2D eigenvalue weighted by Crippen LogP contribution is 2.46. The van der Waals surface area contributed by atoms with Gasteiger partial charge in [0, 0.05) is 0 Å². The SMILES string of the molecule is CCC(CC)(OC(=O)C(C)C)C1CCC(C(C)(C)C)CC1. The summed E-state index contributed by atoms with van der Waals surface area (Å²) in [5.41, 5.74) is 0.172. The topological polar surface area (TPSA) is 26.3 Å². The summed E-state index contributed by atoms with van der Waals surface area (Å²) in [5.74, 6) is 1.28. The van der Waals surface area contributed by atoms with Crippen molar-refractivity contribution in [1.29, 1.82) is 0 Å². The van der Waals surface area contributed by atoms with Crippen molar-refractivity contribution >= 4 is 5.97 Å². The number of rotatable bonds is 5. The highest BCUT2D eigenvalue weighted by Gasteiger charge is 2.42. The van der Waals surface area contributed by atoms with E-state index in [1.807, 2.05) is 13.8 Å². The van der Waals surface area contributed by atoms with Crippen LogP contribution in [0.3, 0.4) is 0 Å². The number of esters is 1. The van der Waals surface area contributed by atoms with Gasteiger partial charge >= 0.3 is 5.97 Å². The molecule has 0 amide bonds. The van der Waals surface area contributed by atoms with Crippen LogP contribution in [0.1, 0.15) is 87.0 Å². The first-order chi connectivity index (χ1) is 9.66. The molecule has 21 heavy (non-hydrogen) atoms. The maximum absolute atomic E-state index is 12.1. The Hall–Kier alpha value is -0.530. The molecule has 0 radical (unpaired) electrons. The Morgan fingerprint density at radius 3 is 1.76 bits per heavy atom. The number of hydrogen-bond acceptors (Lipinski definition) is 2. The normalized spacial score (nSPS) is 24.2. The predicted molar refractivity (Wildman–Crippen MR) is 89.1 cm³/mol. The first-order valence-electron chi connectivity index (χ1n) is 8.89. The first-order valence-corrected chi connectivity index (χ1v) is 8.89. The summed E-state index contributed by atoms with van der Waals surface area (Å²) in [4.78, 5) is 12.1. The second kappa shape index (κ2) is 7.15. The van der Waals surface area contributed by atoms with Gasteiger partial charge in [0.15, 0.2) is 0 Å². The molecule has 0 aromatic carbocycles. The van der Waals surface area contributed by atoms with Crippen molar-refractivity contribution in [3.05, 3.63) is 0 Å². The van der Waals surface area contributed by atoms with Crippen LogP contribution in [-0.4, -0.2) is 11.6 Å². The Bertz CT molecular complexity index is 326. The molecule has 2 heteroatoms. The fraction of sp³-hybridized carbons (Fsp3) is 0.947. The Labute approximate surface area is 132 Å². The quantitative estimate of drug-likeness (QED) is 0.617. The maximum atomic E-state index is 12.1. The van der Waals surface area contributed by atoms with Gasteiger partial charge in [0.1, 0.15) is 5.60 Å². The van der Waals surface area contributed by atoms with E-state index in [0.717, 1.165) is 18.8 Å². The van der Waals surface area contributed by atoms with Crippen LogP contribution in [0.5, 0.6) is 0 Å². The predicted octanol–water partition coefficient (Wildman–Crippen LogP) is 5.60. The number of carbonyl (C=O) groups excluding carboxylic acids is 1. The molecule has 0 saturated heterocycles. The Kier molecular flexibility index (Phi) is 6.31. The third-order valence-electron chi connectivity index (χ3n) is 5.67. The lowest BCUT2D eigenvalue weighted by atomic mass is 9.65. The Morgan fingerprint density at radius 2 is 1.43 bits per heavy atom. The first kappa shape index (κ1) is 18.5. The summed E-state index contributed by atoms with van der Waals surface area (Å²) in [6.07, 6.45) is 6.83.